The first-order valence-electron chi connectivity index (χ1n) is 7.57. The van der Waals surface area contributed by atoms with Crippen molar-refractivity contribution >= 4 is 17.2 Å². The molecule has 0 aliphatic heterocycles. The van der Waals surface area contributed by atoms with E-state index >= 15 is 0 Å². The van der Waals surface area contributed by atoms with E-state index in [9.17, 15) is 0 Å². The summed E-state index contributed by atoms with van der Waals surface area (Å²) in [5.41, 5.74) is 1.50. The monoisotopic (exact) mass is 356 g/mol. The molecule has 8 nitrogen and oxygen atoms in total. The third-order valence-corrected chi connectivity index (χ3v) is 3.88. The van der Waals surface area contributed by atoms with Gasteiger partial charge in [0, 0.05) is 18.4 Å². The molecule has 4 rings (SSSR count). The molecule has 0 N–H and O–H groups in total. The van der Waals surface area contributed by atoms with Crippen molar-refractivity contribution in [2.24, 2.45) is 0 Å². The fourth-order valence-electron chi connectivity index (χ4n) is 2.40. The lowest BCUT2D eigenvalue weighted by Gasteiger charge is -1.99. The van der Waals surface area contributed by atoms with E-state index in [-0.39, 0.29) is 0 Å². The van der Waals surface area contributed by atoms with E-state index in [4.69, 9.17) is 20.9 Å². The second-order valence-corrected chi connectivity index (χ2v) is 5.67. The van der Waals surface area contributed by atoms with Crippen LogP contribution in [0.25, 0.3) is 17.0 Å². The topological polar surface area (TPSA) is 91.2 Å². The van der Waals surface area contributed by atoms with E-state index in [2.05, 4.69) is 25.4 Å². The zero-order valence-electron chi connectivity index (χ0n) is 13.3. The van der Waals surface area contributed by atoms with Crippen molar-refractivity contribution in [1.82, 2.24) is 30.0 Å². The Bertz CT molecular complexity index is 1010. The summed E-state index contributed by atoms with van der Waals surface area (Å²) in [5.74, 6) is 2.51. The first-order valence-corrected chi connectivity index (χ1v) is 7.94. The van der Waals surface area contributed by atoms with Crippen LogP contribution in [0.2, 0.25) is 5.15 Å². The minimum Gasteiger partial charge on any atom is -0.497 e. The molecule has 0 saturated carbocycles. The Balaban J connectivity index is 1.49. The number of aryl methyl sites for hydroxylation is 2. The van der Waals surface area contributed by atoms with E-state index in [1.807, 2.05) is 24.3 Å². The van der Waals surface area contributed by atoms with Crippen molar-refractivity contribution < 1.29 is 9.26 Å². The molecule has 1 aromatic carbocycles. The van der Waals surface area contributed by atoms with Crippen LogP contribution < -0.4 is 4.74 Å². The van der Waals surface area contributed by atoms with Gasteiger partial charge in [0.05, 0.1) is 7.11 Å². The van der Waals surface area contributed by atoms with Gasteiger partial charge in [-0.25, -0.2) is 0 Å². The van der Waals surface area contributed by atoms with E-state index in [1.54, 1.807) is 23.8 Å². The smallest absolute Gasteiger partial charge is 0.227 e. The summed E-state index contributed by atoms with van der Waals surface area (Å²) in [4.78, 5) is 4.41. The van der Waals surface area contributed by atoms with Crippen LogP contribution in [0.4, 0.5) is 0 Å². The van der Waals surface area contributed by atoms with Gasteiger partial charge in [0.2, 0.25) is 11.7 Å². The predicted octanol–water partition coefficient (Wildman–Crippen LogP) is 2.62. The number of hydrogen-bond acceptors (Lipinski definition) is 7. The Morgan fingerprint density at radius 2 is 1.92 bits per heavy atom. The van der Waals surface area contributed by atoms with Gasteiger partial charge in [0.1, 0.15) is 10.9 Å². The average molecular weight is 357 g/mol. The lowest BCUT2D eigenvalue weighted by Crippen LogP contribution is -2.01. The van der Waals surface area contributed by atoms with E-state index in [0.29, 0.717) is 41.2 Å². The van der Waals surface area contributed by atoms with Crippen molar-refractivity contribution in [3.8, 4) is 17.1 Å². The third-order valence-electron chi connectivity index (χ3n) is 3.67. The quantitative estimate of drug-likeness (QED) is 0.542. The summed E-state index contributed by atoms with van der Waals surface area (Å²) in [6, 6.07) is 10.9. The lowest BCUT2D eigenvalue weighted by molar-refractivity contribution is 0.377. The highest BCUT2D eigenvalue weighted by atomic mass is 35.5. The number of methoxy groups -OCH3 is 1. The SMILES string of the molecule is COc1ccc(-c2noc(CCc3nnc4ccc(Cl)nn34)n2)cc1. The molecule has 4 aromatic rings. The van der Waals surface area contributed by atoms with Gasteiger partial charge in [0.15, 0.2) is 11.5 Å². The Hall–Kier alpha value is -3.00. The van der Waals surface area contributed by atoms with Gasteiger partial charge in [-0.1, -0.05) is 16.8 Å². The van der Waals surface area contributed by atoms with E-state index in [1.165, 1.54) is 0 Å². The number of aromatic nitrogens is 6. The molecule has 0 spiro atoms. The molecule has 0 atom stereocenters. The Labute approximate surface area is 147 Å². The summed E-state index contributed by atoms with van der Waals surface area (Å²) >= 11 is 5.92. The van der Waals surface area contributed by atoms with Crippen LogP contribution in [0.1, 0.15) is 11.7 Å². The Morgan fingerprint density at radius 3 is 2.72 bits per heavy atom. The number of hydrogen-bond donors (Lipinski definition) is 0. The second-order valence-electron chi connectivity index (χ2n) is 5.28. The standard InChI is InChI=1S/C16H13ClN6O2/c1-24-11-4-2-10(3-5-11)16-18-15(25-22-16)9-8-14-20-19-13-7-6-12(17)21-23(13)14/h2-7H,8-9H2,1H3. The van der Waals surface area contributed by atoms with Gasteiger partial charge < -0.3 is 9.26 Å². The molecule has 0 radical (unpaired) electrons. The van der Waals surface area contributed by atoms with E-state index < -0.39 is 0 Å². The molecule has 25 heavy (non-hydrogen) atoms. The normalized spacial score (nSPS) is 11.1. The molecular formula is C16H13ClN6O2. The molecule has 3 aromatic heterocycles. The number of rotatable bonds is 5. The summed E-state index contributed by atoms with van der Waals surface area (Å²) < 4.78 is 12.1. The minimum absolute atomic E-state index is 0.383. The molecule has 126 valence electrons. The van der Waals surface area contributed by atoms with E-state index in [0.717, 1.165) is 11.3 Å². The largest absolute Gasteiger partial charge is 0.497 e. The second kappa shape index (κ2) is 6.48. The Morgan fingerprint density at radius 1 is 1.08 bits per heavy atom. The number of nitrogens with zero attached hydrogens (tertiary/aromatic N) is 6. The number of fused-ring (bicyclic) bond motifs is 1. The highest BCUT2D eigenvalue weighted by molar-refractivity contribution is 6.29. The summed E-state index contributed by atoms with van der Waals surface area (Å²) in [7, 11) is 1.62. The summed E-state index contributed by atoms with van der Waals surface area (Å²) in [6.45, 7) is 0. The average Bonchev–Trinajstić information content (AvgIpc) is 3.27. The Kier molecular flexibility index (Phi) is 4.02. The van der Waals surface area contributed by atoms with Crippen LogP contribution in [0, 0.1) is 0 Å². The maximum absolute atomic E-state index is 5.92. The highest BCUT2D eigenvalue weighted by Crippen LogP contribution is 2.20. The third kappa shape index (κ3) is 3.16. The maximum atomic E-state index is 5.92. The molecular weight excluding hydrogens is 344 g/mol. The molecule has 0 saturated heterocycles. The molecule has 3 heterocycles. The van der Waals surface area contributed by atoms with Crippen LogP contribution in [0.15, 0.2) is 40.9 Å². The molecule has 0 amide bonds. The fourth-order valence-corrected chi connectivity index (χ4v) is 2.54. The van der Waals surface area contributed by atoms with Gasteiger partial charge in [-0.2, -0.15) is 14.6 Å². The molecule has 0 fully saturated rings. The predicted molar refractivity (Wildman–Crippen MR) is 89.5 cm³/mol. The number of halogens is 1. The first kappa shape index (κ1) is 15.5. The molecule has 0 aliphatic carbocycles. The van der Waals surface area contributed by atoms with Gasteiger partial charge in [-0.05, 0) is 36.4 Å². The zero-order valence-corrected chi connectivity index (χ0v) is 14.0. The molecule has 9 heteroatoms. The number of benzene rings is 1. The van der Waals surface area contributed by atoms with Crippen molar-refractivity contribution in [3.05, 3.63) is 53.3 Å². The van der Waals surface area contributed by atoms with Crippen LogP contribution in [0.3, 0.4) is 0 Å². The highest BCUT2D eigenvalue weighted by Gasteiger charge is 2.12. The summed E-state index contributed by atoms with van der Waals surface area (Å²) in [5, 5.41) is 16.8. The number of ether oxygens (including phenoxy) is 1. The van der Waals surface area contributed by atoms with Crippen LogP contribution in [-0.2, 0) is 12.8 Å². The van der Waals surface area contributed by atoms with Crippen LogP contribution in [-0.4, -0.2) is 37.1 Å². The zero-order chi connectivity index (χ0) is 17.2. The van der Waals surface area contributed by atoms with Crippen LogP contribution in [0.5, 0.6) is 5.75 Å². The van der Waals surface area contributed by atoms with Crippen molar-refractivity contribution in [3.63, 3.8) is 0 Å². The lowest BCUT2D eigenvalue weighted by atomic mass is 10.2. The van der Waals surface area contributed by atoms with Gasteiger partial charge in [-0.15, -0.1) is 10.2 Å². The first-order chi connectivity index (χ1) is 12.2. The van der Waals surface area contributed by atoms with Crippen molar-refractivity contribution in [1.29, 1.82) is 0 Å². The van der Waals surface area contributed by atoms with Crippen molar-refractivity contribution in [2.45, 2.75) is 12.8 Å². The molecule has 0 unspecified atom stereocenters. The summed E-state index contributed by atoms with van der Waals surface area (Å²) in [6.07, 6.45) is 1.08. The molecule has 0 bridgehead atoms. The van der Waals surface area contributed by atoms with Crippen molar-refractivity contribution in [2.75, 3.05) is 7.11 Å². The maximum Gasteiger partial charge on any atom is 0.227 e. The fraction of sp³-hybridized carbons (Fsp3) is 0.188. The van der Waals surface area contributed by atoms with Gasteiger partial charge >= 0.3 is 0 Å². The minimum atomic E-state index is 0.383. The van der Waals surface area contributed by atoms with Gasteiger partial charge in [-0.3, -0.25) is 0 Å². The van der Waals surface area contributed by atoms with Crippen LogP contribution >= 0.6 is 11.6 Å². The molecule has 0 aliphatic rings. The van der Waals surface area contributed by atoms with Gasteiger partial charge in [0.25, 0.3) is 0 Å².